The van der Waals surface area contributed by atoms with Gasteiger partial charge in [-0.3, -0.25) is 5.43 Å². The van der Waals surface area contributed by atoms with Gasteiger partial charge in [0.1, 0.15) is 24.7 Å². The Morgan fingerprint density at radius 3 is 2.59 bits per heavy atom. The predicted molar refractivity (Wildman–Crippen MR) is 139 cm³/mol. The van der Waals surface area contributed by atoms with Crippen LogP contribution in [0.2, 0.25) is 0 Å². The molecule has 0 atom stereocenters. The van der Waals surface area contributed by atoms with Crippen LogP contribution in [0.3, 0.4) is 0 Å². The summed E-state index contributed by atoms with van der Waals surface area (Å²) in [5.74, 6) is 2.30. The first-order valence-corrected chi connectivity index (χ1v) is 12.2. The Morgan fingerprint density at radius 1 is 1.09 bits per heavy atom. The Morgan fingerprint density at radius 2 is 1.84 bits per heavy atom. The summed E-state index contributed by atoms with van der Waals surface area (Å²) in [6, 6.07) is 14.3. The first kappa shape index (κ1) is 24.3. The van der Waals surface area contributed by atoms with Crippen LogP contribution in [0.15, 0.2) is 64.7 Å². The van der Waals surface area contributed by atoms with Crippen LogP contribution in [-0.4, -0.2) is 31.1 Å². The zero-order valence-electron chi connectivity index (χ0n) is 18.2. The number of ether oxygens (including phenoxy) is 2. The Hall–Kier alpha value is -2.38. The van der Waals surface area contributed by atoms with Gasteiger partial charge >= 0.3 is 0 Å². The van der Waals surface area contributed by atoms with E-state index in [1.807, 2.05) is 18.2 Å². The molecule has 7 heteroatoms. The lowest BCUT2D eigenvalue weighted by Crippen LogP contribution is -2.31. The van der Waals surface area contributed by atoms with Crippen molar-refractivity contribution >= 4 is 39.5 Å². The fraction of sp³-hybridized carbons (Fsp3) is 0.360. The van der Waals surface area contributed by atoms with Crippen LogP contribution in [0.5, 0.6) is 11.5 Å². The minimum atomic E-state index is 0.430. The molecule has 0 radical (unpaired) electrons. The molecule has 0 saturated heterocycles. The van der Waals surface area contributed by atoms with Gasteiger partial charge in [0.25, 0.3) is 0 Å². The average Bonchev–Trinajstić information content (AvgIpc) is 2.82. The quantitative estimate of drug-likeness (QED) is 0.135. The molecule has 0 aromatic heterocycles. The fourth-order valence-electron chi connectivity index (χ4n) is 3.70. The first-order valence-electron chi connectivity index (χ1n) is 11.0. The normalized spacial score (nSPS) is 14.2. The first-order chi connectivity index (χ1) is 15.7. The standard InChI is InChI=1S/C25H30BrN3O2S/c1-2-14-27-25(32)29-28-18-21-17-22(26)10-13-24(21)31-16-15-30-23-11-8-20(9-12-23)19-6-4-3-5-7-19/h2,8-13,17-19H,1,3-7,14-16H2,(H2,27,29,32)/b28-18+. The molecule has 0 spiro atoms. The third kappa shape index (κ3) is 7.95. The summed E-state index contributed by atoms with van der Waals surface area (Å²) in [4.78, 5) is 0. The van der Waals surface area contributed by atoms with E-state index in [1.54, 1.807) is 12.3 Å². The van der Waals surface area contributed by atoms with Gasteiger partial charge < -0.3 is 14.8 Å². The lowest BCUT2D eigenvalue weighted by Gasteiger charge is -2.22. The SMILES string of the molecule is C=CCNC(=S)N/N=C/c1cc(Br)ccc1OCCOc1ccc(C2CCCCC2)cc1. The highest BCUT2D eigenvalue weighted by atomic mass is 79.9. The molecule has 0 bridgehead atoms. The van der Waals surface area contributed by atoms with Gasteiger partial charge in [0.05, 0.1) is 6.21 Å². The monoisotopic (exact) mass is 515 g/mol. The van der Waals surface area contributed by atoms with Crippen molar-refractivity contribution in [3.63, 3.8) is 0 Å². The number of hydrazone groups is 1. The van der Waals surface area contributed by atoms with Crippen LogP contribution in [-0.2, 0) is 0 Å². The van der Waals surface area contributed by atoms with Gasteiger partial charge in [-0.15, -0.1) is 6.58 Å². The zero-order valence-corrected chi connectivity index (χ0v) is 20.6. The van der Waals surface area contributed by atoms with Crippen molar-refractivity contribution in [3.05, 3.63) is 70.7 Å². The molecular formula is C25H30BrN3O2S. The number of halogens is 1. The lowest BCUT2D eigenvalue weighted by atomic mass is 9.84. The summed E-state index contributed by atoms with van der Waals surface area (Å²) in [6.45, 7) is 5.11. The van der Waals surface area contributed by atoms with E-state index in [-0.39, 0.29) is 0 Å². The van der Waals surface area contributed by atoms with Crippen LogP contribution in [0.4, 0.5) is 0 Å². The van der Waals surface area contributed by atoms with Gasteiger partial charge in [0.15, 0.2) is 5.11 Å². The molecule has 1 fully saturated rings. The van der Waals surface area contributed by atoms with Crippen molar-refractivity contribution in [2.75, 3.05) is 19.8 Å². The molecule has 5 nitrogen and oxygen atoms in total. The summed E-state index contributed by atoms with van der Waals surface area (Å²) >= 11 is 8.62. The van der Waals surface area contributed by atoms with E-state index in [0.717, 1.165) is 21.5 Å². The smallest absolute Gasteiger partial charge is 0.187 e. The molecule has 0 unspecified atom stereocenters. The summed E-state index contributed by atoms with van der Waals surface area (Å²) in [7, 11) is 0. The molecule has 32 heavy (non-hydrogen) atoms. The van der Waals surface area contributed by atoms with Crippen molar-refractivity contribution in [2.45, 2.75) is 38.0 Å². The minimum Gasteiger partial charge on any atom is -0.490 e. The number of hydrogen-bond donors (Lipinski definition) is 2. The largest absolute Gasteiger partial charge is 0.490 e. The molecule has 1 aliphatic rings. The molecule has 1 aliphatic carbocycles. The van der Waals surface area contributed by atoms with Crippen LogP contribution < -0.4 is 20.2 Å². The molecular weight excluding hydrogens is 486 g/mol. The number of thiocarbonyl (C=S) groups is 1. The summed E-state index contributed by atoms with van der Waals surface area (Å²) in [6.07, 6.45) is 10.1. The minimum absolute atomic E-state index is 0.430. The average molecular weight is 517 g/mol. The maximum absolute atomic E-state index is 5.93. The van der Waals surface area contributed by atoms with E-state index < -0.39 is 0 Å². The predicted octanol–water partition coefficient (Wildman–Crippen LogP) is 5.94. The van der Waals surface area contributed by atoms with E-state index in [0.29, 0.717) is 30.8 Å². The highest BCUT2D eigenvalue weighted by Gasteiger charge is 2.15. The Kier molecular flexibility index (Phi) is 10.0. The lowest BCUT2D eigenvalue weighted by molar-refractivity contribution is 0.217. The van der Waals surface area contributed by atoms with Crippen molar-refractivity contribution in [3.8, 4) is 11.5 Å². The van der Waals surface area contributed by atoms with Crippen LogP contribution >= 0.6 is 28.1 Å². The van der Waals surface area contributed by atoms with Gasteiger partial charge in [-0.1, -0.05) is 53.4 Å². The molecule has 3 rings (SSSR count). The Balaban J connectivity index is 1.47. The Labute approximate surface area is 204 Å². The highest BCUT2D eigenvalue weighted by Crippen LogP contribution is 2.33. The molecule has 2 aromatic rings. The van der Waals surface area contributed by atoms with Gasteiger partial charge in [-0.2, -0.15) is 5.10 Å². The second kappa shape index (κ2) is 13.2. The highest BCUT2D eigenvalue weighted by molar-refractivity contribution is 9.10. The number of benzene rings is 2. The number of rotatable bonds is 10. The van der Waals surface area contributed by atoms with Gasteiger partial charge in [-0.25, -0.2) is 0 Å². The summed E-state index contributed by atoms with van der Waals surface area (Å²) < 4.78 is 12.7. The van der Waals surface area contributed by atoms with Gasteiger partial charge in [0.2, 0.25) is 0 Å². The molecule has 2 aromatic carbocycles. The third-order valence-corrected chi connectivity index (χ3v) is 6.04. The van der Waals surface area contributed by atoms with Crippen molar-refractivity contribution in [1.29, 1.82) is 0 Å². The van der Waals surface area contributed by atoms with Crippen molar-refractivity contribution in [1.82, 2.24) is 10.7 Å². The van der Waals surface area contributed by atoms with E-state index in [1.165, 1.54) is 37.7 Å². The van der Waals surface area contributed by atoms with Crippen molar-refractivity contribution < 1.29 is 9.47 Å². The second-order valence-corrected chi connectivity index (χ2v) is 8.98. The van der Waals surface area contributed by atoms with E-state index in [4.69, 9.17) is 21.7 Å². The number of hydrogen-bond acceptors (Lipinski definition) is 4. The number of nitrogens with zero attached hydrogens (tertiary/aromatic N) is 1. The molecule has 1 saturated carbocycles. The molecule has 170 valence electrons. The van der Waals surface area contributed by atoms with E-state index >= 15 is 0 Å². The molecule has 0 amide bonds. The third-order valence-electron chi connectivity index (χ3n) is 5.31. The van der Waals surface area contributed by atoms with Crippen LogP contribution in [0.25, 0.3) is 0 Å². The van der Waals surface area contributed by atoms with Gasteiger partial charge in [-0.05, 0) is 66.9 Å². The maximum Gasteiger partial charge on any atom is 0.187 e. The topological polar surface area (TPSA) is 54.9 Å². The molecule has 0 aliphatic heterocycles. The van der Waals surface area contributed by atoms with Crippen LogP contribution in [0, 0.1) is 0 Å². The number of nitrogens with one attached hydrogen (secondary N) is 2. The van der Waals surface area contributed by atoms with E-state index in [9.17, 15) is 0 Å². The molecule has 2 N–H and O–H groups in total. The summed E-state index contributed by atoms with van der Waals surface area (Å²) in [5.41, 5.74) is 5.04. The Bertz CT molecular complexity index is 912. The van der Waals surface area contributed by atoms with Crippen LogP contribution in [0.1, 0.15) is 49.1 Å². The van der Waals surface area contributed by atoms with Crippen molar-refractivity contribution in [2.24, 2.45) is 5.10 Å². The van der Waals surface area contributed by atoms with Gasteiger partial charge in [0, 0.05) is 16.6 Å². The summed E-state index contributed by atoms with van der Waals surface area (Å²) in [5, 5.41) is 7.56. The second-order valence-electron chi connectivity index (χ2n) is 7.65. The molecule has 0 heterocycles. The maximum atomic E-state index is 5.93. The zero-order chi connectivity index (χ0) is 22.6. The fourth-order valence-corrected chi connectivity index (χ4v) is 4.21. The van der Waals surface area contributed by atoms with E-state index in [2.05, 4.69) is 62.6 Å².